The van der Waals surface area contributed by atoms with E-state index < -0.39 is 36.5 Å². The van der Waals surface area contributed by atoms with Crippen LogP contribution in [0.3, 0.4) is 0 Å². The first-order chi connectivity index (χ1) is 13.3. The summed E-state index contributed by atoms with van der Waals surface area (Å²) in [5, 5.41) is 7.09. The van der Waals surface area contributed by atoms with Crippen molar-refractivity contribution in [2.75, 3.05) is 6.54 Å². The Morgan fingerprint density at radius 1 is 1.29 bits per heavy atom. The van der Waals surface area contributed by atoms with Gasteiger partial charge in [0.25, 0.3) is 5.91 Å². The lowest BCUT2D eigenvalue weighted by molar-refractivity contribution is -0.134. The van der Waals surface area contributed by atoms with Crippen LogP contribution < -0.4 is 15.4 Å². The van der Waals surface area contributed by atoms with Crippen molar-refractivity contribution in [2.24, 2.45) is 0 Å². The van der Waals surface area contributed by atoms with E-state index in [4.69, 9.17) is 0 Å². The third-order valence-electron chi connectivity index (χ3n) is 4.27. The molecular weight excluding hydrogens is 392 g/mol. The van der Waals surface area contributed by atoms with Crippen molar-refractivity contribution in [3.63, 3.8) is 0 Å². The first-order valence-corrected chi connectivity index (χ1v) is 9.16. The monoisotopic (exact) mass is 409 g/mol. The molecule has 0 spiro atoms. The average Bonchev–Trinajstić information content (AvgIpc) is 3.23. The molecule has 0 aliphatic carbocycles. The van der Waals surface area contributed by atoms with Crippen LogP contribution in [-0.2, 0) is 21.7 Å². The molecule has 1 fully saturated rings. The molecule has 1 aliphatic rings. The first kappa shape index (κ1) is 19.7. The zero-order valence-corrected chi connectivity index (χ0v) is 15.6. The topological polar surface area (TPSA) is 87.7 Å². The molecule has 2 heterocycles. The predicted molar refractivity (Wildman–Crippen MR) is 96.8 cm³/mol. The molecule has 0 saturated carbocycles. The van der Waals surface area contributed by atoms with Gasteiger partial charge >= 0.3 is 12.6 Å². The number of thiophene rings is 1. The molecule has 0 bridgehead atoms. The second-order valence-corrected chi connectivity index (χ2v) is 7.24. The maximum Gasteiger partial charge on any atom is 0.387 e. The number of nitrogens with one attached hydrogen (secondary N) is 2. The van der Waals surface area contributed by atoms with E-state index in [1.807, 2.05) is 17.5 Å². The van der Waals surface area contributed by atoms with Crippen LogP contribution in [-0.4, -0.2) is 35.9 Å². The van der Waals surface area contributed by atoms with E-state index in [1.165, 1.54) is 42.5 Å². The first-order valence-electron chi connectivity index (χ1n) is 8.28. The van der Waals surface area contributed by atoms with E-state index in [-0.39, 0.29) is 5.75 Å². The van der Waals surface area contributed by atoms with Crippen molar-refractivity contribution in [3.8, 4) is 5.75 Å². The highest BCUT2D eigenvalue weighted by molar-refractivity contribution is 7.09. The Morgan fingerprint density at radius 2 is 2.00 bits per heavy atom. The van der Waals surface area contributed by atoms with Crippen LogP contribution in [0.25, 0.3) is 0 Å². The molecule has 0 radical (unpaired) electrons. The average molecular weight is 409 g/mol. The number of amides is 4. The number of hydrogen-bond acceptors (Lipinski definition) is 5. The van der Waals surface area contributed by atoms with E-state index in [2.05, 4.69) is 15.4 Å². The van der Waals surface area contributed by atoms with Gasteiger partial charge in [-0.1, -0.05) is 18.2 Å². The molecule has 10 heteroatoms. The van der Waals surface area contributed by atoms with Crippen LogP contribution in [0.15, 0.2) is 41.8 Å². The number of carbonyl (C=O) groups is 3. The van der Waals surface area contributed by atoms with Gasteiger partial charge in [0.1, 0.15) is 17.8 Å². The van der Waals surface area contributed by atoms with Crippen molar-refractivity contribution in [2.45, 2.75) is 25.6 Å². The number of benzene rings is 1. The van der Waals surface area contributed by atoms with Gasteiger partial charge in [-0.05, 0) is 36.1 Å². The normalized spacial score (nSPS) is 19.1. The molecule has 7 nitrogen and oxygen atoms in total. The van der Waals surface area contributed by atoms with Crippen molar-refractivity contribution in [1.82, 2.24) is 15.5 Å². The summed E-state index contributed by atoms with van der Waals surface area (Å²) in [7, 11) is 0. The summed E-state index contributed by atoms with van der Waals surface area (Å²) in [6.07, 6.45) is 0. The molecule has 2 aromatic rings. The lowest BCUT2D eigenvalue weighted by Gasteiger charge is -2.22. The maximum absolute atomic E-state index is 12.8. The molecule has 0 unspecified atom stereocenters. The van der Waals surface area contributed by atoms with Crippen LogP contribution in [0.1, 0.15) is 17.4 Å². The Labute approximate surface area is 163 Å². The van der Waals surface area contributed by atoms with Gasteiger partial charge in [0.05, 0.1) is 6.54 Å². The van der Waals surface area contributed by atoms with Crippen LogP contribution in [0.2, 0.25) is 0 Å². The summed E-state index contributed by atoms with van der Waals surface area (Å²) in [5.74, 6) is -1.14. The fourth-order valence-electron chi connectivity index (χ4n) is 2.80. The van der Waals surface area contributed by atoms with Crippen LogP contribution in [0.5, 0.6) is 5.75 Å². The summed E-state index contributed by atoms with van der Waals surface area (Å²) in [5.41, 5.74) is -1.02. The Bertz CT molecular complexity index is 873. The fraction of sp³-hybridized carbons (Fsp3) is 0.278. The molecule has 1 aromatic heterocycles. The number of carbonyl (C=O) groups excluding carboxylic acids is 3. The largest absolute Gasteiger partial charge is 0.435 e. The van der Waals surface area contributed by atoms with Gasteiger partial charge < -0.3 is 15.4 Å². The molecule has 1 aliphatic heterocycles. The predicted octanol–water partition coefficient (Wildman–Crippen LogP) is 2.43. The highest BCUT2D eigenvalue weighted by Crippen LogP contribution is 2.30. The number of ether oxygens (including phenoxy) is 1. The van der Waals surface area contributed by atoms with Gasteiger partial charge in [0.2, 0.25) is 5.91 Å². The number of alkyl halides is 2. The minimum atomic E-state index is -2.96. The number of nitrogens with zero attached hydrogens (tertiary/aromatic N) is 1. The van der Waals surface area contributed by atoms with Crippen molar-refractivity contribution < 1.29 is 27.9 Å². The molecule has 28 heavy (non-hydrogen) atoms. The van der Waals surface area contributed by atoms with Crippen molar-refractivity contribution in [1.29, 1.82) is 0 Å². The van der Waals surface area contributed by atoms with Crippen LogP contribution in [0, 0.1) is 0 Å². The SMILES string of the molecule is C[C@]1(c2ccc(OC(F)F)cc2)NC(=O)N(CC(=O)NCc2cccs2)C1=O. The van der Waals surface area contributed by atoms with E-state index >= 15 is 0 Å². The molecule has 1 saturated heterocycles. The lowest BCUT2D eigenvalue weighted by atomic mass is 9.92. The minimum Gasteiger partial charge on any atom is -0.435 e. The van der Waals surface area contributed by atoms with E-state index in [0.717, 1.165) is 9.78 Å². The van der Waals surface area contributed by atoms with Gasteiger partial charge in [-0.3, -0.25) is 14.5 Å². The lowest BCUT2D eigenvalue weighted by Crippen LogP contribution is -2.43. The van der Waals surface area contributed by atoms with Gasteiger partial charge in [0, 0.05) is 4.88 Å². The van der Waals surface area contributed by atoms with Gasteiger partial charge in [-0.15, -0.1) is 11.3 Å². The van der Waals surface area contributed by atoms with Gasteiger partial charge in [0.15, 0.2) is 0 Å². The summed E-state index contributed by atoms with van der Waals surface area (Å²) in [6.45, 7) is -1.58. The van der Waals surface area contributed by atoms with Crippen molar-refractivity contribution >= 4 is 29.2 Å². The standard InChI is InChI=1S/C18H17F2N3O4S/c1-18(11-4-6-12(7-5-11)27-16(19)20)15(25)23(17(26)22-18)10-14(24)21-9-13-3-2-8-28-13/h2-8,16H,9-10H2,1H3,(H,21,24)(H,22,26)/t18-/m1/s1. The molecule has 2 N–H and O–H groups in total. The molecule has 1 atom stereocenters. The van der Waals surface area contributed by atoms with Crippen LogP contribution >= 0.6 is 11.3 Å². The molecule has 3 rings (SSSR count). The zero-order valence-electron chi connectivity index (χ0n) is 14.8. The smallest absolute Gasteiger partial charge is 0.387 e. The summed E-state index contributed by atoms with van der Waals surface area (Å²) >= 11 is 1.48. The molecular formula is C18H17F2N3O4S. The van der Waals surface area contributed by atoms with Crippen LogP contribution in [0.4, 0.5) is 13.6 Å². The number of imide groups is 1. The fourth-order valence-corrected chi connectivity index (χ4v) is 3.45. The van der Waals surface area contributed by atoms with Gasteiger partial charge in [-0.25, -0.2) is 4.79 Å². The summed E-state index contributed by atoms with van der Waals surface area (Å²) in [6, 6.07) is 8.40. The Balaban J connectivity index is 1.67. The third kappa shape index (κ3) is 4.11. The van der Waals surface area contributed by atoms with E-state index in [1.54, 1.807) is 0 Å². The maximum atomic E-state index is 12.8. The minimum absolute atomic E-state index is 0.0658. The van der Waals surface area contributed by atoms with Crippen molar-refractivity contribution in [3.05, 3.63) is 52.2 Å². The number of halogens is 2. The molecule has 4 amide bonds. The van der Waals surface area contributed by atoms with E-state index in [0.29, 0.717) is 12.1 Å². The highest BCUT2D eigenvalue weighted by atomic mass is 32.1. The summed E-state index contributed by atoms with van der Waals surface area (Å²) < 4.78 is 28.8. The second-order valence-electron chi connectivity index (χ2n) is 6.21. The Morgan fingerprint density at radius 3 is 2.61 bits per heavy atom. The Hall–Kier alpha value is -3.01. The third-order valence-corrected chi connectivity index (χ3v) is 5.15. The summed E-state index contributed by atoms with van der Waals surface area (Å²) in [4.78, 5) is 38.9. The molecule has 148 valence electrons. The quantitative estimate of drug-likeness (QED) is 0.688. The van der Waals surface area contributed by atoms with E-state index in [9.17, 15) is 23.2 Å². The molecule has 1 aromatic carbocycles. The van der Waals surface area contributed by atoms with Gasteiger partial charge in [-0.2, -0.15) is 8.78 Å². The Kier molecular flexibility index (Phi) is 5.59. The number of urea groups is 1. The number of rotatable bonds is 7. The highest BCUT2D eigenvalue weighted by Gasteiger charge is 2.49. The number of hydrogen-bond donors (Lipinski definition) is 2. The second kappa shape index (κ2) is 7.93. The zero-order chi connectivity index (χ0) is 20.3.